The van der Waals surface area contributed by atoms with Crippen molar-refractivity contribution in [2.24, 2.45) is 0 Å². The first kappa shape index (κ1) is 32.4. The Balaban J connectivity index is 1.38. The molecule has 0 radical (unpaired) electrons. The lowest BCUT2D eigenvalue weighted by Crippen LogP contribution is -2.12. The van der Waals surface area contributed by atoms with Gasteiger partial charge in [-0.25, -0.2) is 14.4 Å². The summed E-state index contributed by atoms with van der Waals surface area (Å²) in [4.78, 5) is 34.7. The van der Waals surface area contributed by atoms with Crippen molar-refractivity contribution in [2.45, 2.75) is 12.8 Å². The molecule has 3 aromatic rings. The maximum Gasteiger partial charge on any atom is 0.336 e. The van der Waals surface area contributed by atoms with Gasteiger partial charge in [0.2, 0.25) is 0 Å². The van der Waals surface area contributed by atoms with Crippen LogP contribution in [0.15, 0.2) is 104 Å². The number of carbonyl (C=O) groups is 3. The van der Waals surface area contributed by atoms with Crippen molar-refractivity contribution < 1.29 is 43.2 Å². The summed E-state index contributed by atoms with van der Waals surface area (Å²) < 4.78 is 26.6. The molecule has 3 rings (SSSR count). The SMILES string of the molecule is C=CC(=O)OCCCOc1ccc(/C=C/C(=O)Oc2ccc(-c3ccc(OCCCOC(=O)C(=C)CO)cc3)cc2)cc1. The fourth-order valence-electron chi connectivity index (χ4n) is 3.51. The number of rotatable bonds is 17. The van der Waals surface area contributed by atoms with Crippen LogP contribution in [0.3, 0.4) is 0 Å². The van der Waals surface area contributed by atoms with Gasteiger partial charge < -0.3 is 28.8 Å². The third-order valence-corrected chi connectivity index (χ3v) is 5.79. The molecule has 1 N–H and O–H groups in total. The third-order valence-electron chi connectivity index (χ3n) is 5.79. The smallest absolute Gasteiger partial charge is 0.336 e. The van der Waals surface area contributed by atoms with E-state index in [0.717, 1.165) is 22.8 Å². The Bertz CT molecular complexity index is 1390. The van der Waals surface area contributed by atoms with Crippen molar-refractivity contribution in [3.05, 3.63) is 109 Å². The van der Waals surface area contributed by atoms with Gasteiger partial charge in [0.15, 0.2) is 0 Å². The number of aliphatic hydroxyl groups is 1. The quantitative estimate of drug-likeness (QED) is 0.0969. The Morgan fingerprint density at radius 1 is 0.674 bits per heavy atom. The standard InChI is InChI=1S/C34H34O9/c1-3-32(36)41-22-4-20-39-29-13-6-26(7-14-29)8-19-33(37)43-31-17-11-28(12-18-31)27-9-15-30(16-10-27)40-21-5-23-42-34(38)25(2)24-35/h3,6-19,35H,1-2,4-5,20-24H2/b19-8+. The molecule has 9 nitrogen and oxygen atoms in total. The summed E-state index contributed by atoms with van der Waals surface area (Å²) in [6.45, 7) is 7.52. The van der Waals surface area contributed by atoms with E-state index in [1.807, 2.05) is 48.5 Å². The van der Waals surface area contributed by atoms with E-state index in [1.165, 1.54) is 6.08 Å². The Morgan fingerprint density at radius 3 is 1.72 bits per heavy atom. The predicted octanol–water partition coefficient (Wildman–Crippen LogP) is 5.33. The molecule has 0 spiro atoms. The molecule has 0 aliphatic carbocycles. The predicted molar refractivity (Wildman–Crippen MR) is 162 cm³/mol. The van der Waals surface area contributed by atoms with Gasteiger partial charge in [0.25, 0.3) is 0 Å². The summed E-state index contributed by atoms with van der Waals surface area (Å²) in [5.74, 6) is 0.191. The topological polar surface area (TPSA) is 118 Å². The number of carbonyl (C=O) groups excluding carboxylic acids is 3. The second-order valence-electron chi connectivity index (χ2n) is 9.05. The van der Waals surface area contributed by atoms with E-state index in [1.54, 1.807) is 30.3 Å². The minimum atomic E-state index is -0.613. The van der Waals surface area contributed by atoms with Crippen LogP contribution >= 0.6 is 0 Å². The number of aliphatic hydroxyl groups excluding tert-OH is 1. The van der Waals surface area contributed by atoms with Gasteiger partial charge in [-0.2, -0.15) is 0 Å². The Labute approximate surface area is 250 Å². The summed E-state index contributed by atoms with van der Waals surface area (Å²) in [5.41, 5.74) is 2.73. The maximum atomic E-state index is 12.3. The first-order valence-corrected chi connectivity index (χ1v) is 13.6. The van der Waals surface area contributed by atoms with E-state index in [4.69, 9.17) is 28.8 Å². The van der Waals surface area contributed by atoms with Crippen molar-refractivity contribution in [1.82, 2.24) is 0 Å². The number of ether oxygens (including phenoxy) is 5. The maximum absolute atomic E-state index is 12.3. The van der Waals surface area contributed by atoms with Crippen molar-refractivity contribution in [3.8, 4) is 28.4 Å². The van der Waals surface area contributed by atoms with Crippen LogP contribution in [-0.4, -0.2) is 56.0 Å². The zero-order valence-corrected chi connectivity index (χ0v) is 23.7. The Morgan fingerprint density at radius 2 is 1.19 bits per heavy atom. The van der Waals surface area contributed by atoms with Crippen molar-refractivity contribution in [2.75, 3.05) is 33.0 Å². The van der Waals surface area contributed by atoms with E-state index >= 15 is 0 Å². The lowest BCUT2D eigenvalue weighted by molar-refractivity contribution is -0.140. The molecule has 0 fully saturated rings. The zero-order chi connectivity index (χ0) is 30.9. The van der Waals surface area contributed by atoms with E-state index in [9.17, 15) is 14.4 Å². The summed E-state index contributed by atoms with van der Waals surface area (Å²) in [6, 6.07) is 21.9. The van der Waals surface area contributed by atoms with Crippen molar-refractivity contribution in [1.29, 1.82) is 0 Å². The molecule has 0 aliphatic rings. The fraction of sp³-hybridized carbons (Fsp3) is 0.206. The number of esters is 3. The van der Waals surface area contributed by atoms with E-state index in [-0.39, 0.29) is 18.8 Å². The van der Waals surface area contributed by atoms with Crippen molar-refractivity contribution in [3.63, 3.8) is 0 Å². The van der Waals surface area contributed by atoms with Gasteiger partial charge in [-0.3, -0.25) is 0 Å². The lowest BCUT2D eigenvalue weighted by Gasteiger charge is -2.09. The minimum absolute atomic E-state index is 0.0184. The normalized spacial score (nSPS) is 10.5. The Hall–Kier alpha value is -5.15. The third kappa shape index (κ3) is 11.7. The second-order valence-corrected chi connectivity index (χ2v) is 9.05. The molecule has 0 atom stereocenters. The Kier molecular flexibility index (Phi) is 13.3. The molecule has 43 heavy (non-hydrogen) atoms. The zero-order valence-electron chi connectivity index (χ0n) is 23.7. The molecule has 0 saturated heterocycles. The molecule has 0 bridgehead atoms. The first-order chi connectivity index (χ1) is 20.9. The van der Waals surface area contributed by atoms with Gasteiger partial charge in [0, 0.05) is 25.0 Å². The molecule has 0 saturated carbocycles. The van der Waals surface area contributed by atoms with Crippen LogP contribution in [0.25, 0.3) is 17.2 Å². The highest BCUT2D eigenvalue weighted by Gasteiger charge is 2.07. The van der Waals surface area contributed by atoms with Gasteiger partial charge in [0.05, 0.1) is 38.6 Å². The molecule has 0 unspecified atom stereocenters. The van der Waals surface area contributed by atoms with Crippen LogP contribution in [0.2, 0.25) is 0 Å². The van der Waals surface area contributed by atoms with Gasteiger partial charge in [0.1, 0.15) is 17.2 Å². The molecular weight excluding hydrogens is 552 g/mol. The van der Waals surface area contributed by atoms with Crippen LogP contribution in [-0.2, 0) is 23.9 Å². The molecule has 0 amide bonds. The van der Waals surface area contributed by atoms with E-state index in [0.29, 0.717) is 43.3 Å². The number of hydrogen-bond donors (Lipinski definition) is 1. The van der Waals surface area contributed by atoms with Crippen LogP contribution in [0.4, 0.5) is 0 Å². The highest BCUT2D eigenvalue weighted by molar-refractivity contribution is 5.89. The summed E-state index contributed by atoms with van der Waals surface area (Å²) in [7, 11) is 0. The highest BCUT2D eigenvalue weighted by Crippen LogP contribution is 2.25. The fourth-order valence-corrected chi connectivity index (χ4v) is 3.51. The van der Waals surface area contributed by atoms with Crippen LogP contribution in [0.5, 0.6) is 17.2 Å². The molecule has 0 heterocycles. The average molecular weight is 587 g/mol. The molecule has 0 aromatic heterocycles. The van der Waals surface area contributed by atoms with Gasteiger partial charge in [-0.15, -0.1) is 0 Å². The largest absolute Gasteiger partial charge is 0.493 e. The molecule has 0 aliphatic heterocycles. The highest BCUT2D eigenvalue weighted by atomic mass is 16.5. The summed E-state index contributed by atoms with van der Waals surface area (Å²) >= 11 is 0. The summed E-state index contributed by atoms with van der Waals surface area (Å²) in [5, 5.41) is 8.85. The first-order valence-electron chi connectivity index (χ1n) is 13.6. The lowest BCUT2D eigenvalue weighted by atomic mass is 10.1. The monoisotopic (exact) mass is 586 g/mol. The van der Waals surface area contributed by atoms with Gasteiger partial charge in [-0.05, 0) is 59.2 Å². The minimum Gasteiger partial charge on any atom is -0.493 e. The number of benzene rings is 3. The average Bonchev–Trinajstić information content (AvgIpc) is 3.04. The van der Waals surface area contributed by atoms with Crippen molar-refractivity contribution >= 4 is 24.0 Å². The van der Waals surface area contributed by atoms with Crippen LogP contribution in [0, 0.1) is 0 Å². The molecule has 3 aromatic carbocycles. The molecular formula is C34H34O9. The van der Waals surface area contributed by atoms with Gasteiger partial charge >= 0.3 is 17.9 Å². The summed E-state index contributed by atoms with van der Waals surface area (Å²) in [6.07, 6.45) is 5.19. The van der Waals surface area contributed by atoms with Crippen LogP contribution < -0.4 is 14.2 Å². The van der Waals surface area contributed by atoms with Gasteiger partial charge in [-0.1, -0.05) is 49.6 Å². The number of hydrogen-bond acceptors (Lipinski definition) is 9. The second kappa shape index (κ2) is 17.6. The molecule has 9 heteroatoms. The van der Waals surface area contributed by atoms with E-state index in [2.05, 4.69) is 13.2 Å². The molecule has 224 valence electrons. The van der Waals surface area contributed by atoms with E-state index < -0.39 is 24.5 Å². The van der Waals surface area contributed by atoms with Crippen LogP contribution in [0.1, 0.15) is 18.4 Å².